The maximum absolute atomic E-state index is 13.1. The van der Waals surface area contributed by atoms with Crippen LogP contribution < -0.4 is 4.74 Å². The number of alkyl halides is 3. The van der Waals surface area contributed by atoms with E-state index in [4.69, 9.17) is 9.47 Å². The first kappa shape index (κ1) is 20.8. The number of halogens is 3. The van der Waals surface area contributed by atoms with Gasteiger partial charge in [0.2, 0.25) is 0 Å². The fourth-order valence-corrected chi connectivity index (χ4v) is 2.73. The van der Waals surface area contributed by atoms with Gasteiger partial charge in [0.05, 0.1) is 22.6 Å². The Balaban J connectivity index is 2.16. The minimum atomic E-state index is -4.72. The molecule has 1 aromatic rings. The lowest BCUT2D eigenvalue weighted by atomic mass is 10.1. The summed E-state index contributed by atoms with van der Waals surface area (Å²) in [7, 11) is 0. The first-order valence-electron chi connectivity index (χ1n) is 8.36. The second kappa shape index (κ2) is 7.61. The summed E-state index contributed by atoms with van der Waals surface area (Å²) in [5.41, 5.74) is -2.31. The second-order valence-corrected chi connectivity index (χ2v) is 7.22. The van der Waals surface area contributed by atoms with Gasteiger partial charge in [-0.15, -0.1) is 0 Å². The Morgan fingerprint density at radius 1 is 1.33 bits per heavy atom. The summed E-state index contributed by atoms with van der Waals surface area (Å²) in [6.45, 7) is 5.33. The van der Waals surface area contributed by atoms with E-state index in [1.54, 1.807) is 20.8 Å². The van der Waals surface area contributed by atoms with Crippen LogP contribution in [0.4, 0.5) is 23.7 Å². The van der Waals surface area contributed by atoms with E-state index < -0.39 is 45.8 Å². The number of nitro groups is 1. The predicted molar refractivity (Wildman–Crippen MR) is 89.6 cm³/mol. The molecule has 0 aromatic heterocycles. The Morgan fingerprint density at radius 3 is 2.56 bits per heavy atom. The quantitative estimate of drug-likeness (QED) is 0.562. The topological polar surface area (TPSA) is 81.9 Å². The molecule has 0 unspecified atom stereocenters. The van der Waals surface area contributed by atoms with Crippen LogP contribution in [0.25, 0.3) is 0 Å². The molecule has 27 heavy (non-hydrogen) atoms. The third kappa shape index (κ3) is 5.48. The van der Waals surface area contributed by atoms with Crippen LogP contribution in [0.3, 0.4) is 0 Å². The van der Waals surface area contributed by atoms with Crippen LogP contribution in [0.2, 0.25) is 0 Å². The molecule has 1 amide bonds. The van der Waals surface area contributed by atoms with Crippen molar-refractivity contribution in [3.63, 3.8) is 0 Å². The summed E-state index contributed by atoms with van der Waals surface area (Å²) >= 11 is 0. The summed E-state index contributed by atoms with van der Waals surface area (Å²) in [6, 6.07) is 1.67. The molecule has 0 radical (unpaired) electrons. The number of hydrogen-bond donors (Lipinski definition) is 0. The van der Waals surface area contributed by atoms with Crippen LogP contribution in [0.1, 0.15) is 39.2 Å². The first-order valence-corrected chi connectivity index (χ1v) is 8.36. The lowest BCUT2D eigenvalue weighted by molar-refractivity contribution is -0.385. The van der Waals surface area contributed by atoms with E-state index in [9.17, 15) is 28.1 Å². The molecule has 150 valence electrons. The molecule has 1 heterocycles. The lowest BCUT2D eigenvalue weighted by Gasteiger charge is -2.28. The fourth-order valence-electron chi connectivity index (χ4n) is 2.73. The van der Waals surface area contributed by atoms with Gasteiger partial charge in [-0.3, -0.25) is 10.1 Å². The Bertz CT molecular complexity index is 716. The molecule has 0 saturated carbocycles. The molecule has 0 N–H and O–H groups in total. The number of carbonyl (C=O) groups is 1. The van der Waals surface area contributed by atoms with Crippen molar-refractivity contribution < 1.29 is 32.4 Å². The van der Waals surface area contributed by atoms with Crippen molar-refractivity contribution in [2.24, 2.45) is 0 Å². The van der Waals surface area contributed by atoms with Gasteiger partial charge in [0.1, 0.15) is 18.0 Å². The highest BCUT2D eigenvalue weighted by molar-refractivity contribution is 5.69. The third-order valence-corrected chi connectivity index (χ3v) is 3.92. The fraction of sp³-hybridized carbons (Fsp3) is 0.588. The summed E-state index contributed by atoms with van der Waals surface area (Å²) < 4.78 is 50.0. The predicted octanol–water partition coefficient (Wildman–Crippen LogP) is 4.39. The van der Waals surface area contributed by atoms with Gasteiger partial charge in [0.25, 0.3) is 5.69 Å². The van der Waals surface area contributed by atoms with E-state index in [2.05, 4.69) is 0 Å². The normalized spacial score (nSPS) is 17.7. The maximum atomic E-state index is 13.1. The maximum Gasteiger partial charge on any atom is 0.419 e. The van der Waals surface area contributed by atoms with E-state index in [0.717, 1.165) is 12.1 Å². The van der Waals surface area contributed by atoms with E-state index in [1.165, 1.54) is 4.90 Å². The van der Waals surface area contributed by atoms with Crippen LogP contribution in [0, 0.1) is 10.1 Å². The van der Waals surface area contributed by atoms with Crippen LogP contribution in [0.15, 0.2) is 18.2 Å². The molecule has 1 saturated heterocycles. The Morgan fingerprint density at radius 2 is 2.00 bits per heavy atom. The molecule has 0 bridgehead atoms. The molecule has 1 aromatic carbocycles. The average molecular weight is 390 g/mol. The molecule has 10 heteroatoms. The van der Waals surface area contributed by atoms with Crippen molar-refractivity contribution in [3.8, 4) is 5.75 Å². The Labute approximate surface area is 154 Å². The SMILES string of the molecule is CC(C)(C)OC(=O)N1CCC[C@@H]1COc1cc([N+](=O)[O-])ccc1C(F)(F)F. The summed E-state index contributed by atoms with van der Waals surface area (Å²) in [5, 5.41) is 10.8. The number of rotatable bonds is 4. The molecule has 1 aliphatic heterocycles. The van der Waals surface area contributed by atoms with Gasteiger partial charge in [0, 0.05) is 12.6 Å². The highest BCUT2D eigenvalue weighted by atomic mass is 19.4. The molecule has 7 nitrogen and oxygen atoms in total. The van der Waals surface area contributed by atoms with E-state index in [-0.39, 0.29) is 6.61 Å². The minimum absolute atomic E-state index is 0.219. The number of hydrogen-bond acceptors (Lipinski definition) is 5. The Hall–Kier alpha value is -2.52. The zero-order valence-corrected chi connectivity index (χ0v) is 15.2. The van der Waals surface area contributed by atoms with E-state index in [0.29, 0.717) is 25.5 Å². The number of ether oxygens (including phenoxy) is 2. The zero-order chi connectivity index (χ0) is 20.4. The lowest BCUT2D eigenvalue weighted by Crippen LogP contribution is -2.42. The molecule has 2 rings (SSSR count). The van der Waals surface area contributed by atoms with Gasteiger partial charge in [-0.2, -0.15) is 13.2 Å². The number of nitrogens with zero attached hydrogens (tertiary/aromatic N) is 2. The standard InChI is InChI=1S/C17H21F3N2O5/c1-16(2,3)27-15(23)21-8-4-5-12(21)10-26-14-9-11(22(24)25)6-7-13(14)17(18,19)20/h6-7,9,12H,4-5,8,10H2,1-3H3/t12-/m1/s1. The Kier molecular flexibility index (Phi) is 5.86. The summed E-state index contributed by atoms with van der Waals surface area (Å²) in [6.07, 6.45) is -4.09. The summed E-state index contributed by atoms with van der Waals surface area (Å²) in [5.74, 6) is -0.632. The molecular weight excluding hydrogens is 369 g/mol. The van der Waals surface area contributed by atoms with Gasteiger partial charge in [-0.05, 0) is 39.7 Å². The minimum Gasteiger partial charge on any atom is -0.491 e. The van der Waals surface area contributed by atoms with Crippen molar-refractivity contribution in [3.05, 3.63) is 33.9 Å². The number of amides is 1. The molecule has 0 spiro atoms. The summed E-state index contributed by atoms with van der Waals surface area (Å²) in [4.78, 5) is 23.7. The molecular formula is C17H21F3N2O5. The van der Waals surface area contributed by atoms with Gasteiger partial charge < -0.3 is 14.4 Å². The monoisotopic (exact) mass is 390 g/mol. The van der Waals surface area contributed by atoms with Crippen molar-refractivity contribution in [2.75, 3.05) is 13.2 Å². The van der Waals surface area contributed by atoms with Crippen molar-refractivity contribution in [1.82, 2.24) is 4.90 Å². The molecule has 1 aliphatic rings. The van der Waals surface area contributed by atoms with Crippen molar-refractivity contribution in [2.45, 2.75) is 51.4 Å². The van der Waals surface area contributed by atoms with Crippen LogP contribution in [0.5, 0.6) is 5.75 Å². The third-order valence-electron chi connectivity index (χ3n) is 3.92. The van der Waals surface area contributed by atoms with Crippen molar-refractivity contribution in [1.29, 1.82) is 0 Å². The van der Waals surface area contributed by atoms with Crippen molar-refractivity contribution >= 4 is 11.8 Å². The van der Waals surface area contributed by atoms with Crippen LogP contribution in [-0.4, -0.2) is 40.7 Å². The number of carbonyl (C=O) groups excluding carboxylic acids is 1. The van der Waals surface area contributed by atoms with Gasteiger partial charge >= 0.3 is 12.3 Å². The van der Waals surface area contributed by atoms with Crippen LogP contribution >= 0.6 is 0 Å². The zero-order valence-electron chi connectivity index (χ0n) is 15.2. The largest absolute Gasteiger partial charge is 0.491 e. The highest BCUT2D eigenvalue weighted by Crippen LogP contribution is 2.38. The highest BCUT2D eigenvalue weighted by Gasteiger charge is 2.37. The molecule has 1 fully saturated rings. The molecule has 0 aliphatic carbocycles. The van der Waals surface area contributed by atoms with Gasteiger partial charge in [-0.25, -0.2) is 4.79 Å². The van der Waals surface area contributed by atoms with E-state index >= 15 is 0 Å². The smallest absolute Gasteiger partial charge is 0.419 e. The van der Waals surface area contributed by atoms with Gasteiger partial charge in [0.15, 0.2) is 0 Å². The number of non-ortho nitro benzene ring substituents is 1. The number of benzene rings is 1. The average Bonchev–Trinajstić information content (AvgIpc) is 2.98. The van der Waals surface area contributed by atoms with Crippen LogP contribution in [-0.2, 0) is 10.9 Å². The van der Waals surface area contributed by atoms with E-state index in [1.807, 2.05) is 0 Å². The second-order valence-electron chi connectivity index (χ2n) is 7.22. The van der Waals surface area contributed by atoms with Gasteiger partial charge in [-0.1, -0.05) is 0 Å². The molecule has 1 atom stereocenters. The number of likely N-dealkylation sites (tertiary alicyclic amines) is 1. The number of nitro benzene ring substituents is 1. The first-order chi connectivity index (χ1) is 12.4.